The Morgan fingerprint density at radius 2 is 0.707 bits per heavy atom. The molecule has 3 unspecified atom stereocenters. The maximum absolute atomic E-state index is 15.8. The van der Waals surface area contributed by atoms with Gasteiger partial charge in [-0.05, 0) is 209 Å². The Hall–Kier alpha value is -0.700. The average Bonchev–Trinajstić information content (AvgIpc) is 3.37. The van der Waals surface area contributed by atoms with Crippen LogP contribution in [-0.2, 0) is 20.8 Å². The third kappa shape index (κ3) is 14.9. The largest absolute Gasteiger partial charge is 0.394 e. The molecule has 3 aromatic carbocycles. The number of nitrogens with one attached hydrogen (secondary N) is 5. The summed E-state index contributed by atoms with van der Waals surface area (Å²) < 4.78 is 0.101. The molecule has 0 saturated heterocycles. The summed E-state index contributed by atoms with van der Waals surface area (Å²) in [6.45, 7) is -7.15. The minimum absolute atomic E-state index is 0.0259. The summed E-state index contributed by atoms with van der Waals surface area (Å²) in [5.41, 5.74) is -7.72. The van der Waals surface area contributed by atoms with Gasteiger partial charge >= 0.3 is 17.1 Å². The van der Waals surface area contributed by atoms with Crippen molar-refractivity contribution in [3.63, 3.8) is 0 Å². The number of rotatable bonds is 22. The first-order valence-corrected chi connectivity index (χ1v) is 30.2. The Kier molecular flexibility index (Phi) is 26.6. The quantitative estimate of drug-likeness (QED) is 0.0411. The topological polar surface area (TPSA) is 411 Å². The minimum atomic E-state index is -1.56. The van der Waals surface area contributed by atoms with E-state index in [1.807, 2.05) is 0 Å². The first-order chi connectivity index (χ1) is 35.2. The molecule has 0 aliphatic heterocycles. The number of aliphatic hydroxyl groups is 9. The van der Waals surface area contributed by atoms with E-state index in [2.05, 4.69) is 26.6 Å². The van der Waals surface area contributed by atoms with Crippen LogP contribution in [0.15, 0.2) is 14.4 Å². The van der Waals surface area contributed by atoms with Gasteiger partial charge in [0.25, 0.3) is 17.7 Å². The molecule has 4 rings (SSSR count). The first-order valence-electron chi connectivity index (χ1n) is 20.5. The monoisotopic (exact) mass is 2060 g/mol. The number of anilines is 2. The third-order valence-corrected chi connectivity index (χ3v) is 19.7. The van der Waals surface area contributed by atoms with Crippen LogP contribution in [0.1, 0.15) is 36.6 Å². The number of carbonyl (C=O) groups excluding carboxylic acids is 6. The predicted octanol–water partition coefficient (Wildman–Crippen LogP) is -1.20. The molecule has 0 aliphatic carbocycles. The summed E-state index contributed by atoms with van der Waals surface area (Å²) in [4.78, 5) is 129. The van der Waals surface area contributed by atoms with Crippen molar-refractivity contribution in [2.75, 3.05) is 69.9 Å². The van der Waals surface area contributed by atoms with Crippen molar-refractivity contribution in [1.29, 1.82) is 0 Å². The molecule has 5 amide bonds. The van der Waals surface area contributed by atoms with Gasteiger partial charge in [0.2, 0.25) is 11.8 Å². The lowest BCUT2D eigenvalue weighted by Gasteiger charge is -2.25. The van der Waals surface area contributed by atoms with Crippen LogP contribution in [0.25, 0.3) is 17.1 Å². The van der Waals surface area contributed by atoms with Gasteiger partial charge in [-0.15, -0.1) is 0 Å². The molecule has 0 saturated carbocycles. The van der Waals surface area contributed by atoms with Gasteiger partial charge in [-0.2, -0.15) is 0 Å². The van der Waals surface area contributed by atoms with Gasteiger partial charge in [-0.1, -0.05) is 0 Å². The highest BCUT2D eigenvalue weighted by atomic mass is 127. The van der Waals surface area contributed by atoms with Gasteiger partial charge in [0, 0.05) is 33.2 Å². The zero-order chi connectivity index (χ0) is 56.7. The number of Topliss-reactive ketones (excluding diaryl/α,β-unsaturated/α-hetero) is 1. The lowest BCUT2D eigenvalue weighted by molar-refractivity contribution is -0.121. The summed E-state index contributed by atoms with van der Waals surface area (Å²) >= 11 is 14.9. The van der Waals surface area contributed by atoms with Gasteiger partial charge in [-0.3, -0.25) is 28.8 Å². The van der Waals surface area contributed by atoms with Gasteiger partial charge < -0.3 is 72.5 Å². The molecule has 1 heterocycles. The molecular formula is C40H37I9N8O18. The minimum Gasteiger partial charge on any atom is -0.394 e. The van der Waals surface area contributed by atoms with E-state index < -0.39 is 153 Å². The third-order valence-electron chi connectivity index (χ3n) is 9.97. The van der Waals surface area contributed by atoms with Crippen LogP contribution >= 0.6 is 203 Å². The molecular weight excluding hydrogens is 2020 g/mol. The molecule has 3 atom stereocenters. The second-order valence-corrected chi connectivity index (χ2v) is 24.7. The van der Waals surface area contributed by atoms with Crippen molar-refractivity contribution in [1.82, 2.24) is 29.7 Å². The van der Waals surface area contributed by atoms with E-state index in [4.69, 9.17) is 0 Å². The van der Waals surface area contributed by atoms with Crippen molar-refractivity contribution >= 4 is 250 Å². The van der Waals surface area contributed by atoms with Crippen LogP contribution < -0.4 is 43.7 Å². The Labute approximate surface area is 544 Å². The molecule has 26 nitrogen and oxygen atoms in total. The highest BCUT2D eigenvalue weighted by molar-refractivity contribution is 14.1. The van der Waals surface area contributed by atoms with Gasteiger partial charge in [-0.25, -0.2) is 28.1 Å². The Balaban J connectivity index is 2.52. The van der Waals surface area contributed by atoms with E-state index in [0.29, 0.717) is 13.7 Å². The maximum atomic E-state index is 15.8. The molecule has 408 valence electrons. The van der Waals surface area contributed by atoms with Gasteiger partial charge in [0.05, 0.1) is 108 Å². The van der Waals surface area contributed by atoms with E-state index in [0.717, 1.165) is 0 Å². The lowest BCUT2D eigenvalue weighted by Crippen LogP contribution is -2.54. The van der Waals surface area contributed by atoms with Gasteiger partial charge in [0.15, 0.2) is 5.78 Å². The van der Waals surface area contributed by atoms with Crippen LogP contribution in [0.2, 0.25) is 0 Å². The molecule has 0 fully saturated rings. The molecule has 4 aromatic rings. The maximum Gasteiger partial charge on any atom is 0.345 e. The number of hydrogen-bond acceptors (Lipinski definition) is 18. The summed E-state index contributed by atoms with van der Waals surface area (Å²) in [5.74, 6) is -5.84. The van der Waals surface area contributed by atoms with Crippen LogP contribution in [0.4, 0.5) is 11.4 Å². The van der Waals surface area contributed by atoms with Crippen molar-refractivity contribution in [2.45, 2.75) is 24.7 Å². The molecule has 0 radical (unpaired) electrons. The smallest absolute Gasteiger partial charge is 0.345 e. The number of benzene rings is 3. The number of nitrogens with zero attached hydrogens (tertiary/aromatic N) is 3. The molecule has 35 heteroatoms. The van der Waals surface area contributed by atoms with Crippen LogP contribution in [0.5, 0.6) is 0 Å². The van der Waals surface area contributed by atoms with Crippen LogP contribution in [0, 0.1) is 32.1 Å². The fourth-order valence-corrected chi connectivity index (χ4v) is 19.7. The zero-order valence-corrected chi connectivity index (χ0v) is 56.7. The van der Waals surface area contributed by atoms with E-state index in [1.165, 1.54) is 0 Å². The first kappa shape index (κ1) is 66.8. The summed E-state index contributed by atoms with van der Waals surface area (Å²) in [7, 11) is 0. The molecule has 75 heavy (non-hydrogen) atoms. The van der Waals surface area contributed by atoms with Crippen molar-refractivity contribution < 1.29 is 74.7 Å². The summed E-state index contributed by atoms with van der Waals surface area (Å²) in [6.07, 6.45) is -5.02. The second-order valence-electron chi connectivity index (χ2n) is 15.0. The number of aromatic nitrogens is 3. The number of halogens is 9. The van der Waals surface area contributed by atoms with Crippen molar-refractivity contribution in [2.24, 2.45) is 0 Å². The Morgan fingerprint density at radius 3 is 0.987 bits per heavy atom. The summed E-state index contributed by atoms with van der Waals surface area (Å²) in [5, 5.41) is 101. The standard InChI is InChI=1S/C40H37I9N8O18/c41-21-15(1-11(64)5-58)22(42)32(25(45)18(21)35(70)50-2-12(65)6-59)55-38(73)56(33-26(46)19(36(71)51-3-13(66)7-60)23(43)30(28(33)48)53-16(68)9-62)40(75)57(39(55)74)34-27(47)20(37(72)52-4-14(67)8-61)24(44)31(29(34)49)54-17(69)10-63/h12-14,58-63,65-67H,1-10H2,(H,50,70)(H,51,71)(H,52,72)(H,53,68)(H,54,69). The number of amides is 5. The summed E-state index contributed by atoms with van der Waals surface area (Å²) in [6, 6.07) is 0. The SMILES string of the molecule is O=C(CO)Cc1c(I)c(C(=O)NCC(O)CO)c(I)c(-n2c(=O)n(-c3c(I)c(NC(=O)CO)c(I)c(C(=O)NCC(O)CO)c3I)c(=O)n(-c3c(I)c(NC(=O)CO)c(I)c(C(=O)NCC(O)CO)c3I)c2=O)c1I. The predicted molar refractivity (Wildman–Crippen MR) is 341 cm³/mol. The van der Waals surface area contributed by atoms with E-state index in [9.17, 15) is 74.7 Å². The number of carbonyl (C=O) groups is 6. The second kappa shape index (κ2) is 29.8. The molecule has 14 N–H and O–H groups in total. The molecule has 0 spiro atoms. The highest BCUT2D eigenvalue weighted by Gasteiger charge is 2.36. The Morgan fingerprint density at radius 1 is 0.413 bits per heavy atom. The number of ketones is 1. The molecule has 0 aliphatic rings. The lowest BCUT2D eigenvalue weighted by atomic mass is 10.0. The highest BCUT2D eigenvalue weighted by Crippen LogP contribution is 2.40. The zero-order valence-electron chi connectivity index (χ0n) is 37.2. The fourth-order valence-electron chi connectivity index (χ4n) is 6.39. The normalized spacial score (nSPS) is 12.5. The number of hydrogen-bond donors (Lipinski definition) is 14. The van der Waals surface area contributed by atoms with E-state index in [1.54, 1.807) is 203 Å². The fraction of sp³-hybridized carbons (Fsp3) is 0.325. The van der Waals surface area contributed by atoms with Crippen LogP contribution in [0.3, 0.4) is 0 Å². The molecule has 1 aromatic heterocycles. The van der Waals surface area contributed by atoms with Gasteiger partial charge in [0.1, 0.15) is 19.8 Å². The van der Waals surface area contributed by atoms with Crippen molar-refractivity contribution in [3.05, 3.63) is 85.8 Å². The van der Waals surface area contributed by atoms with E-state index >= 15 is 14.4 Å². The van der Waals surface area contributed by atoms with Crippen LogP contribution in [-0.4, -0.2) is 173 Å². The number of aliphatic hydroxyl groups excluding tert-OH is 9. The van der Waals surface area contributed by atoms with E-state index in [-0.39, 0.29) is 65.8 Å². The molecule has 0 bridgehead atoms. The average molecular weight is 2060 g/mol. The Bertz CT molecular complexity index is 2810. The van der Waals surface area contributed by atoms with Crippen molar-refractivity contribution in [3.8, 4) is 17.1 Å².